The van der Waals surface area contributed by atoms with E-state index in [1.165, 1.54) is 0 Å². The second-order valence-corrected chi connectivity index (χ2v) is 5.60. The standard InChI is InChI=1S/C14H19N5O/c1-8(2)12-14-18-17-13(19(14)5-4-15-12)10-7-16-9(3)6-11(10)20/h6-8,12,15H,4-5H2,1-3H3,(H,16,20). The smallest absolute Gasteiger partial charge is 0.192 e. The normalized spacial score (nSPS) is 18.3. The lowest BCUT2D eigenvalue weighted by molar-refractivity contribution is 0.339. The van der Waals surface area contributed by atoms with E-state index < -0.39 is 0 Å². The highest BCUT2D eigenvalue weighted by atomic mass is 16.1. The maximum absolute atomic E-state index is 12.1. The van der Waals surface area contributed by atoms with E-state index in [-0.39, 0.29) is 11.5 Å². The number of hydrogen-bond acceptors (Lipinski definition) is 4. The molecule has 0 radical (unpaired) electrons. The van der Waals surface area contributed by atoms with Gasteiger partial charge in [0.05, 0.1) is 11.6 Å². The first-order chi connectivity index (χ1) is 9.58. The predicted octanol–water partition coefficient (Wildman–Crippen LogP) is 1.24. The molecular weight excluding hydrogens is 254 g/mol. The zero-order valence-electron chi connectivity index (χ0n) is 12.0. The summed E-state index contributed by atoms with van der Waals surface area (Å²) < 4.78 is 2.06. The second kappa shape index (κ2) is 4.86. The summed E-state index contributed by atoms with van der Waals surface area (Å²) in [5.74, 6) is 2.01. The van der Waals surface area contributed by atoms with Crippen molar-refractivity contribution in [1.82, 2.24) is 25.1 Å². The third-order valence-corrected chi connectivity index (χ3v) is 3.72. The van der Waals surface area contributed by atoms with Gasteiger partial charge in [0.1, 0.15) is 0 Å². The molecule has 1 aliphatic rings. The minimum atomic E-state index is -0.0175. The van der Waals surface area contributed by atoms with Crippen LogP contribution in [0.2, 0.25) is 0 Å². The fourth-order valence-electron chi connectivity index (χ4n) is 2.67. The largest absolute Gasteiger partial charge is 0.364 e. The van der Waals surface area contributed by atoms with E-state index in [0.29, 0.717) is 17.3 Å². The lowest BCUT2D eigenvalue weighted by atomic mass is 10.0. The maximum atomic E-state index is 12.1. The Morgan fingerprint density at radius 2 is 2.20 bits per heavy atom. The fourth-order valence-corrected chi connectivity index (χ4v) is 2.67. The van der Waals surface area contributed by atoms with Crippen LogP contribution in [0.25, 0.3) is 11.4 Å². The Balaban J connectivity index is 2.11. The first-order valence-electron chi connectivity index (χ1n) is 6.94. The van der Waals surface area contributed by atoms with Gasteiger partial charge in [0.15, 0.2) is 17.1 Å². The van der Waals surface area contributed by atoms with Crippen molar-refractivity contribution in [1.29, 1.82) is 0 Å². The topological polar surface area (TPSA) is 75.6 Å². The summed E-state index contributed by atoms with van der Waals surface area (Å²) in [6.07, 6.45) is 1.72. The molecule has 3 heterocycles. The van der Waals surface area contributed by atoms with Crippen LogP contribution in [-0.2, 0) is 6.54 Å². The van der Waals surface area contributed by atoms with E-state index in [1.54, 1.807) is 12.3 Å². The summed E-state index contributed by atoms with van der Waals surface area (Å²) in [7, 11) is 0. The highest BCUT2D eigenvalue weighted by molar-refractivity contribution is 5.54. The molecule has 6 heteroatoms. The number of nitrogens with one attached hydrogen (secondary N) is 2. The molecule has 2 N–H and O–H groups in total. The monoisotopic (exact) mass is 273 g/mol. The number of H-pyrrole nitrogens is 1. The zero-order valence-corrected chi connectivity index (χ0v) is 12.0. The number of hydrogen-bond donors (Lipinski definition) is 2. The van der Waals surface area contributed by atoms with Gasteiger partial charge in [-0.25, -0.2) is 0 Å². The molecule has 20 heavy (non-hydrogen) atoms. The molecule has 0 amide bonds. The number of aryl methyl sites for hydroxylation is 1. The van der Waals surface area contributed by atoms with Crippen molar-refractivity contribution in [3.05, 3.63) is 34.0 Å². The van der Waals surface area contributed by atoms with Crippen LogP contribution in [0.4, 0.5) is 0 Å². The molecule has 0 spiro atoms. The molecule has 106 valence electrons. The van der Waals surface area contributed by atoms with Crippen molar-refractivity contribution in [2.45, 2.75) is 33.4 Å². The van der Waals surface area contributed by atoms with Crippen LogP contribution >= 0.6 is 0 Å². The summed E-state index contributed by atoms with van der Waals surface area (Å²) in [5, 5.41) is 12.0. The van der Waals surface area contributed by atoms with Gasteiger partial charge >= 0.3 is 0 Å². The van der Waals surface area contributed by atoms with Gasteiger partial charge in [-0.05, 0) is 12.8 Å². The summed E-state index contributed by atoms with van der Waals surface area (Å²) in [5.41, 5.74) is 1.41. The van der Waals surface area contributed by atoms with Gasteiger partial charge in [-0.15, -0.1) is 10.2 Å². The summed E-state index contributed by atoms with van der Waals surface area (Å²) in [6, 6.07) is 1.78. The average molecular weight is 273 g/mol. The molecule has 0 aromatic carbocycles. The molecule has 0 fully saturated rings. The van der Waals surface area contributed by atoms with Crippen molar-refractivity contribution in [3.63, 3.8) is 0 Å². The number of nitrogens with zero attached hydrogens (tertiary/aromatic N) is 3. The van der Waals surface area contributed by atoms with Crippen LogP contribution in [0, 0.1) is 12.8 Å². The Labute approximate surface area is 117 Å². The number of aromatic nitrogens is 4. The first kappa shape index (κ1) is 13.1. The molecule has 2 aromatic rings. The van der Waals surface area contributed by atoms with Crippen LogP contribution < -0.4 is 10.7 Å². The fraction of sp³-hybridized carbons (Fsp3) is 0.500. The van der Waals surface area contributed by atoms with Crippen molar-refractivity contribution >= 4 is 0 Å². The van der Waals surface area contributed by atoms with Gasteiger partial charge in [-0.2, -0.15) is 0 Å². The van der Waals surface area contributed by atoms with Crippen LogP contribution in [0.3, 0.4) is 0 Å². The predicted molar refractivity (Wildman–Crippen MR) is 76.4 cm³/mol. The van der Waals surface area contributed by atoms with Crippen molar-refractivity contribution < 1.29 is 0 Å². The number of rotatable bonds is 2. The molecule has 2 aromatic heterocycles. The van der Waals surface area contributed by atoms with E-state index in [4.69, 9.17) is 0 Å². The number of fused-ring (bicyclic) bond motifs is 1. The van der Waals surface area contributed by atoms with Crippen molar-refractivity contribution in [2.24, 2.45) is 5.92 Å². The summed E-state index contributed by atoms with van der Waals surface area (Å²) >= 11 is 0. The second-order valence-electron chi connectivity index (χ2n) is 5.60. The lowest BCUT2D eigenvalue weighted by Gasteiger charge is -2.27. The molecular formula is C14H19N5O. The third kappa shape index (κ3) is 2.06. The van der Waals surface area contributed by atoms with Crippen LogP contribution in [0.5, 0.6) is 0 Å². The van der Waals surface area contributed by atoms with Gasteiger partial charge in [0.25, 0.3) is 0 Å². The van der Waals surface area contributed by atoms with Gasteiger partial charge in [-0.1, -0.05) is 13.8 Å². The Bertz CT molecular complexity index is 685. The van der Waals surface area contributed by atoms with Crippen molar-refractivity contribution in [3.8, 4) is 11.4 Å². The molecule has 0 bridgehead atoms. The Morgan fingerprint density at radius 3 is 2.90 bits per heavy atom. The van der Waals surface area contributed by atoms with Crippen LogP contribution in [0.15, 0.2) is 17.1 Å². The van der Waals surface area contributed by atoms with E-state index in [9.17, 15) is 4.79 Å². The highest BCUT2D eigenvalue weighted by Gasteiger charge is 2.28. The zero-order chi connectivity index (χ0) is 14.3. The molecule has 0 aliphatic carbocycles. The lowest BCUT2D eigenvalue weighted by Crippen LogP contribution is -2.36. The molecule has 1 aliphatic heterocycles. The summed E-state index contributed by atoms with van der Waals surface area (Å²) in [6.45, 7) is 7.82. The van der Waals surface area contributed by atoms with Gasteiger partial charge < -0.3 is 14.9 Å². The minimum absolute atomic E-state index is 0.0175. The highest BCUT2D eigenvalue weighted by Crippen LogP contribution is 2.26. The Morgan fingerprint density at radius 1 is 1.40 bits per heavy atom. The van der Waals surface area contributed by atoms with E-state index >= 15 is 0 Å². The van der Waals surface area contributed by atoms with E-state index in [2.05, 4.69) is 38.9 Å². The van der Waals surface area contributed by atoms with E-state index in [0.717, 1.165) is 24.6 Å². The van der Waals surface area contributed by atoms with Gasteiger partial charge in [-0.3, -0.25) is 4.79 Å². The minimum Gasteiger partial charge on any atom is -0.364 e. The van der Waals surface area contributed by atoms with Crippen molar-refractivity contribution in [2.75, 3.05) is 6.54 Å². The van der Waals surface area contributed by atoms with Crippen LogP contribution in [-0.4, -0.2) is 26.3 Å². The third-order valence-electron chi connectivity index (χ3n) is 3.72. The van der Waals surface area contributed by atoms with Gasteiger partial charge in [0.2, 0.25) is 0 Å². The molecule has 0 saturated heterocycles. The molecule has 1 atom stereocenters. The average Bonchev–Trinajstić information content (AvgIpc) is 2.82. The molecule has 3 rings (SSSR count). The molecule has 6 nitrogen and oxygen atoms in total. The summed E-state index contributed by atoms with van der Waals surface area (Å²) in [4.78, 5) is 15.2. The quantitative estimate of drug-likeness (QED) is 0.863. The Hall–Kier alpha value is -1.95. The Kier molecular flexibility index (Phi) is 3.17. The molecule has 0 saturated carbocycles. The number of pyridine rings is 1. The first-order valence-corrected chi connectivity index (χ1v) is 6.94. The molecule has 1 unspecified atom stereocenters. The number of aromatic amines is 1. The van der Waals surface area contributed by atoms with E-state index in [1.807, 2.05) is 6.92 Å². The SMILES string of the molecule is Cc1cc(=O)c(-c2nnc3n2CCNC3C(C)C)c[nH]1. The van der Waals surface area contributed by atoms with Crippen LogP contribution in [0.1, 0.15) is 31.4 Å². The maximum Gasteiger partial charge on any atom is 0.192 e. The van der Waals surface area contributed by atoms with Gasteiger partial charge in [0, 0.05) is 31.0 Å².